The van der Waals surface area contributed by atoms with E-state index in [0.717, 1.165) is 37.3 Å². The maximum atomic E-state index is 11.0. The fourth-order valence-corrected chi connectivity index (χ4v) is 3.04. The molecule has 3 rings (SSSR count). The zero-order valence-corrected chi connectivity index (χ0v) is 15.7. The Morgan fingerprint density at radius 1 is 1.15 bits per heavy atom. The Bertz CT molecular complexity index is 878. The largest absolute Gasteiger partial charge is 1.00 e. The normalized spacial score (nSPS) is 10.9. The van der Waals surface area contributed by atoms with Crippen LogP contribution in [-0.4, -0.2) is 35.1 Å². The van der Waals surface area contributed by atoms with Crippen molar-refractivity contribution in [2.45, 2.75) is 19.4 Å². The van der Waals surface area contributed by atoms with Crippen molar-refractivity contribution in [2.75, 3.05) is 20.6 Å². The smallest absolute Gasteiger partial charge is 0.271 e. The van der Waals surface area contributed by atoms with Gasteiger partial charge in [-0.25, -0.2) is 4.98 Å². The Hall–Kier alpha value is -2.44. The predicted octanol–water partition coefficient (Wildman–Crippen LogP) is -0.926. The van der Waals surface area contributed by atoms with Crippen molar-refractivity contribution in [2.24, 2.45) is 0 Å². The van der Waals surface area contributed by atoms with Crippen LogP contribution in [-0.2, 0) is 13.0 Å². The van der Waals surface area contributed by atoms with Gasteiger partial charge in [0.05, 0.1) is 36.6 Å². The number of nitrogens with zero attached hydrogens (tertiary/aromatic N) is 3. The Labute approximate surface area is 159 Å². The van der Waals surface area contributed by atoms with Crippen molar-refractivity contribution >= 4 is 16.7 Å². The van der Waals surface area contributed by atoms with Crippen molar-refractivity contribution in [3.8, 4) is 0 Å². The summed E-state index contributed by atoms with van der Waals surface area (Å²) in [5.41, 5.74) is 2.93. The number of aryl methyl sites for hydroxylation is 1. The molecular weight excluding hydrogens is 352 g/mol. The van der Waals surface area contributed by atoms with E-state index in [9.17, 15) is 10.1 Å². The molecule has 0 amide bonds. The number of nitrogens with one attached hydrogen (secondary N) is 1. The quantitative estimate of drug-likeness (QED) is 0.429. The zero-order valence-electron chi connectivity index (χ0n) is 15.0. The summed E-state index contributed by atoms with van der Waals surface area (Å²) < 4.78 is 2.20. The standard InChI is InChI=1S/C19H22N4O2.ClH/c1-21(2)11-6-12-22-18-10-9-16(23(24)25)14-17(18)20-19(22)13-15-7-4-3-5-8-15;/h3-5,7-10,14H,6,11-13H2,1-2H3;1H. The summed E-state index contributed by atoms with van der Waals surface area (Å²) >= 11 is 0. The average molecular weight is 375 g/mol. The minimum atomic E-state index is -0.370. The first kappa shape index (κ1) is 19.9. The van der Waals surface area contributed by atoms with Gasteiger partial charge >= 0.3 is 0 Å². The molecule has 138 valence electrons. The Morgan fingerprint density at radius 3 is 2.54 bits per heavy atom. The highest BCUT2D eigenvalue weighted by Crippen LogP contribution is 2.23. The molecule has 2 aromatic carbocycles. The van der Waals surface area contributed by atoms with Gasteiger partial charge in [-0.15, -0.1) is 0 Å². The third-order valence-corrected chi connectivity index (χ3v) is 4.29. The van der Waals surface area contributed by atoms with Gasteiger partial charge in [0.15, 0.2) is 0 Å². The van der Waals surface area contributed by atoms with Crippen LogP contribution >= 0.6 is 0 Å². The van der Waals surface area contributed by atoms with E-state index in [4.69, 9.17) is 4.98 Å². The van der Waals surface area contributed by atoms with Gasteiger partial charge in [0, 0.05) is 31.5 Å². The second kappa shape index (κ2) is 8.78. The first-order chi connectivity index (χ1) is 12.0. The number of nitro groups is 1. The third-order valence-electron chi connectivity index (χ3n) is 4.29. The Kier molecular flexibility index (Phi) is 6.71. The summed E-state index contributed by atoms with van der Waals surface area (Å²) in [4.78, 5) is 16.8. The molecule has 0 aliphatic rings. The van der Waals surface area contributed by atoms with E-state index >= 15 is 0 Å². The number of fused-ring (bicyclic) bond motifs is 1. The van der Waals surface area contributed by atoms with Gasteiger partial charge in [-0.1, -0.05) is 30.3 Å². The van der Waals surface area contributed by atoms with Gasteiger partial charge in [-0.3, -0.25) is 10.1 Å². The fourth-order valence-electron chi connectivity index (χ4n) is 3.04. The molecule has 0 spiro atoms. The second-order valence-electron chi connectivity index (χ2n) is 6.58. The Balaban J connectivity index is 0.00000243. The van der Waals surface area contributed by atoms with Gasteiger partial charge in [0.1, 0.15) is 5.82 Å². The number of nitro benzene ring substituents is 1. The molecule has 3 aromatic rings. The predicted molar refractivity (Wildman–Crippen MR) is 97.9 cm³/mol. The van der Waals surface area contributed by atoms with Crippen LogP contribution < -0.4 is 17.3 Å². The molecule has 0 bridgehead atoms. The highest BCUT2D eigenvalue weighted by Gasteiger charge is 2.15. The van der Waals surface area contributed by atoms with E-state index in [2.05, 4.69) is 30.8 Å². The number of quaternary nitrogens is 1. The maximum Gasteiger partial charge on any atom is 0.271 e. The molecule has 1 N–H and O–H groups in total. The van der Waals surface area contributed by atoms with Crippen molar-refractivity contribution in [3.63, 3.8) is 0 Å². The van der Waals surface area contributed by atoms with Crippen molar-refractivity contribution in [1.82, 2.24) is 9.55 Å². The van der Waals surface area contributed by atoms with Gasteiger partial charge < -0.3 is 21.9 Å². The van der Waals surface area contributed by atoms with E-state index in [1.807, 2.05) is 24.3 Å². The number of rotatable bonds is 7. The van der Waals surface area contributed by atoms with Crippen LogP contribution in [0.2, 0.25) is 0 Å². The Morgan fingerprint density at radius 2 is 1.88 bits per heavy atom. The lowest BCUT2D eigenvalue weighted by Gasteiger charge is -2.11. The van der Waals surface area contributed by atoms with Crippen LogP contribution in [0, 0.1) is 10.1 Å². The highest BCUT2D eigenvalue weighted by atomic mass is 35.5. The van der Waals surface area contributed by atoms with Gasteiger partial charge in [0.2, 0.25) is 0 Å². The van der Waals surface area contributed by atoms with E-state index in [1.165, 1.54) is 10.5 Å². The first-order valence-corrected chi connectivity index (χ1v) is 8.51. The van der Waals surface area contributed by atoms with E-state index < -0.39 is 0 Å². The molecule has 0 atom stereocenters. The molecular formula is C19H23ClN4O2. The van der Waals surface area contributed by atoms with Crippen LogP contribution in [0.3, 0.4) is 0 Å². The van der Waals surface area contributed by atoms with Crippen LogP contribution in [0.25, 0.3) is 11.0 Å². The van der Waals surface area contributed by atoms with E-state index in [0.29, 0.717) is 5.52 Å². The fraction of sp³-hybridized carbons (Fsp3) is 0.316. The van der Waals surface area contributed by atoms with Crippen molar-refractivity contribution in [1.29, 1.82) is 0 Å². The van der Waals surface area contributed by atoms with Gasteiger partial charge in [0.25, 0.3) is 5.69 Å². The maximum absolute atomic E-state index is 11.0. The number of halogens is 1. The average Bonchev–Trinajstić information content (AvgIpc) is 2.92. The van der Waals surface area contributed by atoms with Crippen LogP contribution in [0.4, 0.5) is 5.69 Å². The number of hydrogen-bond donors (Lipinski definition) is 1. The lowest BCUT2D eigenvalue weighted by atomic mass is 10.1. The van der Waals surface area contributed by atoms with Crippen molar-refractivity contribution in [3.05, 3.63) is 70.0 Å². The summed E-state index contributed by atoms with van der Waals surface area (Å²) in [7, 11) is 4.28. The number of imidazole rings is 1. The molecule has 0 radical (unpaired) electrons. The van der Waals surface area contributed by atoms with Crippen LogP contribution in [0.15, 0.2) is 48.5 Å². The number of non-ortho nitro benzene ring substituents is 1. The zero-order chi connectivity index (χ0) is 17.8. The molecule has 0 unspecified atom stereocenters. The van der Waals surface area contributed by atoms with Crippen LogP contribution in [0.1, 0.15) is 17.8 Å². The topological polar surface area (TPSA) is 65.4 Å². The molecule has 1 heterocycles. The summed E-state index contributed by atoms with van der Waals surface area (Å²) in [6.45, 7) is 1.93. The van der Waals surface area contributed by atoms with E-state index in [-0.39, 0.29) is 23.0 Å². The summed E-state index contributed by atoms with van der Waals surface area (Å²) in [6, 6.07) is 15.1. The van der Waals surface area contributed by atoms with E-state index in [1.54, 1.807) is 12.1 Å². The molecule has 26 heavy (non-hydrogen) atoms. The molecule has 0 saturated heterocycles. The minimum Gasteiger partial charge on any atom is -1.00 e. The molecule has 0 aliphatic heterocycles. The molecule has 0 saturated carbocycles. The highest BCUT2D eigenvalue weighted by molar-refractivity contribution is 5.78. The van der Waals surface area contributed by atoms with Crippen LogP contribution in [0.5, 0.6) is 0 Å². The van der Waals surface area contributed by atoms with Crippen molar-refractivity contribution < 1.29 is 22.2 Å². The SMILES string of the molecule is C[NH+](C)CCCn1c(Cc2ccccc2)nc2cc([N+](=O)[O-])ccc21.[Cl-]. The van der Waals surface area contributed by atoms with Gasteiger partial charge in [-0.2, -0.15) is 0 Å². The number of hydrogen-bond acceptors (Lipinski definition) is 3. The van der Waals surface area contributed by atoms with Gasteiger partial charge in [-0.05, 0) is 11.6 Å². The monoisotopic (exact) mass is 374 g/mol. The molecule has 0 fully saturated rings. The lowest BCUT2D eigenvalue weighted by molar-refractivity contribution is -0.858. The summed E-state index contributed by atoms with van der Waals surface area (Å²) in [5.74, 6) is 0.954. The number of aromatic nitrogens is 2. The lowest BCUT2D eigenvalue weighted by Crippen LogP contribution is -3.05. The molecule has 0 aliphatic carbocycles. The molecule has 1 aromatic heterocycles. The second-order valence-corrected chi connectivity index (χ2v) is 6.58. The minimum absolute atomic E-state index is 0. The summed E-state index contributed by atoms with van der Waals surface area (Å²) in [6.07, 6.45) is 1.75. The summed E-state index contributed by atoms with van der Waals surface area (Å²) in [5, 5.41) is 11.0. The third kappa shape index (κ3) is 4.59. The number of benzene rings is 2. The molecule has 7 heteroatoms. The first-order valence-electron chi connectivity index (χ1n) is 8.51. The molecule has 6 nitrogen and oxygen atoms in total.